The van der Waals surface area contributed by atoms with Gasteiger partial charge in [0.1, 0.15) is 0 Å². The van der Waals surface area contributed by atoms with E-state index >= 15 is 0 Å². The Morgan fingerprint density at radius 2 is 1.41 bits per heavy atom. The van der Waals surface area contributed by atoms with E-state index in [1.165, 1.54) is 0 Å². The average molecular weight is 403 g/mol. The molecule has 0 unspecified atom stereocenters. The molecule has 0 heterocycles. The Labute approximate surface area is 174 Å². The van der Waals surface area contributed by atoms with Crippen LogP contribution in [0.25, 0.3) is 0 Å². The molecule has 2 rings (SSSR count). The van der Waals surface area contributed by atoms with Crippen LogP contribution in [0.5, 0.6) is 0 Å². The number of ether oxygens (including phenoxy) is 2. The second kappa shape index (κ2) is 11.1. The summed E-state index contributed by atoms with van der Waals surface area (Å²) in [6.45, 7) is 6.42. The molecule has 0 spiro atoms. The molecule has 0 aromatic heterocycles. The van der Waals surface area contributed by atoms with E-state index in [0.717, 1.165) is 25.7 Å². The summed E-state index contributed by atoms with van der Waals surface area (Å²) >= 11 is 0. The highest BCUT2D eigenvalue weighted by Crippen LogP contribution is 2.36. The first-order valence-corrected chi connectivity index (χ1v) is 11.0. The molecule has 0 saturated heterocycles. The molecule has 5 nitrogen and oxygen atoms in total. The van der Waals surface area contributed by atoms with Gasteiger partial charge < -0.3 is 9.47 Å². The summed E-state index contributed by atoms with van der Waals surface area (Å²) in [6.07, 6.45) is 6.15. The van der Waals surface area contributed by atoms with Gasteiger partial charge in [-0.3, -0.25) is 14.4 Å². The maximum atomic E-state index is 13.2. The fourth-order valence-electron chi connectivity index (χ4n) is 3.44. The van der Waals surface area contributed by atoms with Crippen LogP contribution in [0, 0.1) is 5.92 Å². The van der Waals surface area contributed by atoms with E-state index in [0.29, 0.717) is 36.8 Å². The van der Waals surface area contributed by atoms with Crippen LogP contribution in [-0.4, -0.2) is 30.9 Å². The van der Waals surface area contributed by atoms with Gasteiger partial charge in [-0.05, 0) is 37.7 Å². The van der Waals surface area contributed by atoms with E-state index in [9.17, 15) is 14.4 Å². The highest BCUT2D eigenvalue weighted by atomic mass is 16.6. The number of benzene rings is 1. The molecule has 160 valence electrons. The molecule has 0 amide bonds. The van der Waals surface area contributed by atoms with E-state index in [4.69, 9.17) is 9.47 Å². The zero-order valence-electron chi connectivity index (χ0n) is 18.0. The molecular formula is C24H34O5. The molecule has 29 heavy (non-hydrogen) atoms. The lowest BCUT2D eigenvalue weighted by Crippen LogP contribution is -2.46. The van der Waals surface area contributed by atoms with E-state index in [1.807, 2.05) is 13.8 Å². The number of carbonyl (C=O) groups excluding carboxylic acids is 3. The highest BCUT2D eigenvalue weighted by molar-refractivity contribution is 6.06. The Hall–Kier alpha value is -2.17. The van der Waals surface area contributed by atoms with Crippen LogP contribution in [0.4, 0.5) is 0 Å². The van der Waals surface area contributed by atoms with Gasteiger partial charge >= 0.3 is 11.9 Å². The number of unbranched alkanes of at least 4 members (excludes halogenated alkanes) is 2. The molecule has 1 aliphatic carbocycles. The van der Waals surface area contributed by atoms with Crippen molar-refractivity contribution in [1.82, 2.24) is 0 Å². The SMILES string of the molecule is CCCCCC(C(=O)OCCC)(C(=O)OCCC)c1ccc(C(=O)C2CC2)cc1. The Morgan fingerprint density at radius 1 is 0.862 bits per heavy atom. The summed E-state index contributed by atoms with van der Waals surface area (Å²) in [6, 6.07) is 6.90. The van der Waals surface area contributed by atoms with Crippen LogP contribution in [0.2, 0.25) is 0 Å². The third-order valence-corrected chi connectivity index (χ3v) is 5.34. The predicted molar refractivity (Wildman–Crippen MR) is 112 cm³/mol. The molecule has 5 heteroatoms. The third kappa shape index (κ3) is 5.68. The van der Waals surface area contributed by atoms with Crippen molar-refractivity contribution in [2.75, 3.05) is 13.2 Å². The van der Waals surface area contributed by atoms with Crippen molar-refractivity contribution in [3.05, 3.63) is 35.4 Å². The first-order chi connectivity index (χ1) is 14.0. The number of rotatable bonds is 13. The van der Waals surface area contributed by atoms with Gasteiger partial charge in [-0.2, -0.15) is 0 Å². The van der Waals surface area contributed by atoms with Gasteiger partial charge in [-0.1, -0.05) is 64.3 Å². The van der Waals surface area contributed by atoms with Gasteiger partial charge in [0.2, 0.25) is 0 Å². The second-order valence-corrected chi connectivity index (χ2v) is 7.85. The number of hydrogen-bond donors (Lipinski definition) is 0. The number of carbonyl (C=O) groups is 3. The lowest BCUT2D eigenvalue weighted by molar-refractivity contribution is -0.166. The van der Waals surface area contributed by atoms with Gasteiger partial charge in [0, 0.05) is 11.5 Å². The van der Waals surface area contributed by atoms with Crippen molar-refractivity contribution in [3.63, 3.8) is 0 Å². The molecule has 1 aromatic rings. The van der Waals surface area contributed by atoms with Gasteiger partial charge in [0.25, 0.3) is 0 Å². The smallest absolute Gasteiger partial charge is 0.328 e. The van der Waals surface area contributed by atoms with Crippen LogP contribution in [-0.2, 0) is 24.5 Å². The summed E-state index contributed by atoms with van der Waals surface area (Å²) in [5, 5.41) is 0. The van der Waals surface area contributed by atoms with Crippen LogP contribution < -0.4 is 0 Å². The lowest BCUT2D eigenvalue weighted by Gasteiger charge is -2.30. The summed E-state index contributed by atoms with van der Waals surface area (Å²) in [7, 11) is 0. The normalized spacial score (nSPS) is 13.8. The standard InChI is InChI=1S/C24H34O5/c1-4-7-8-15-24(22(26)28-16-5-2,23(27)29-17-6-3)20-13-11-19(12-14-20)21(25)18-9-10-18/h11-14,18H,4-10,15-17H2,1-3H3. The van der Waals surface area contributed by atoms with Crippen LogP contribution >= 0.6 is 0 Å². The quantitative estimate of drug-likeness (QED) is 0.201. The van der Waals surface area contributed by atoms with Crippen LogP contribution in [0.3, 0.4) is 0 Å². The Bertz CT molecular complexity index is 668. The fourth-order valence-corrected chi connectivity index (χ4v) is 3.44. The third-order valence-electron chi connectivity index (χ3n) is 5.34. The Morgan fingerprint density at radius 3 is 1.86 bits per heavy atom. The van der Waals surface area contributed by atoms with Gasteiger partial charge in [-0.15, -0.1) is 0 Å². The zero-order chi connectivity index (χ0) is 21.3. The number of Topliss-reactive ketones (excluding diaryl/α,β-unsaturated/α-hetero) is 1. The maximum absolute atomic E-state index is 13.2. The van der Waals surface area contributed by atoms with Crippen LogP contribution in [0.1, 0.15) is 88.1 Å². The molecule has 0 bridgehead atoms. The molecular weight excluding hydrogens is 368 g/mol. The lowest BCUT2D eigenvalue weighted by atomic mass is 9.75. The minimum Gasteiger partial charge on any atom is -0.465 e. The minimum atomic E-state index is -1.49. The van der Waals surface area contributed by atoms with E-state index in [-0.39, 0.29) is 24.9 Å². The molecule has 0 aliphatic heterocycles. The summed E-state index contributed by atoms with van der Waals surface area (Å²) in [4.78, 5) is 38.7. The second-order valence-electron chi connectivity index (χ2n) is 7.85. The van der Waals surface area contributed by atoms with E-state index in [1.54, 1.807) is 24.3 Å². The van der Waals surface area contributed by atoms with Crippen molar-refractivity contribution in [2.24, 2.45) is 5.92 Å². The zero-order valence-corrected chi connectivity index (χ0v) is 18.0. The monoisotopic (exact) mass is 402 g/mol. The number of esters is 2. The Balaban J connectivity index is 2.41. The largest absolute Gasteiger partial charge is 0.465 e. The Kier molecular flexibility index (Phi) is 8.87. The molecule has 1 fully saturated rings. The number of hydrogen-bond acceptors (Lipinski definition) is 5. The van der Waals surface area contributed by atoms with Crippen molar-refractivity contribution in [2.45, 2.75) is 77.6 Å². The molecule has 1 aromatic carbocycles. The molecule has 1 saturated carbocycles. The molecule has 0 N–H and O–H groups in total. The van der Waals surface area contributed by atoms with Crippen molar-refractivity contribution >= 4 is 17.7 Å². The van der Waals surface area contributed by atoms with Gasteiger partial charge in [0.15, 0.2) is 11.2 Å². The van der Waals surface area contributed by atoms with Crippen molar-refractivity contribution in [3.8, 4) is 0 Å². The average Bonchev–Trinajstić information content (AvgIpc) is 3.58. The summed E-state index contributed by atoms with van der Waals surface area (Å²) in [5.41, 5.74) is -0.313. The first-order valence-electron chi connectivity index (χ1n) is 11.0. The number of ketones is 1. The molecule has 0 atom stereocenters. The topological polar surface area (TPSA) is 69.7 Å². The maximum Gasteiger partial charge on any atom is 0.328 e. The molecule has 1 aliphatic rings. The summed E-state index contributed by atoms with van der Waals surface area (Å²) < 4.78 is 10.9. The van der Waals surface area contributed by atoms with Gasteiger partial charge in [-0.25, -0.2) is 0 Å². The van der Waals surface area contributed by atoms with E-state index < -0.39 is 17.4 Å². The highest BCUT2D eigenvalue weighted by Gasteiger charge is 2.50. The van der Waals surface area contributed by atoms with Crippen molar-refractivity contribution < 1.29 is 23.9 Å². The predicted octanol–water partition coefficient (Wildman–Crippen LogP) is 5.00. The summed E-state index contributed by atoms with van der Waals surface area (Å²) in [5.74, 6) is -0.856. The van der Waals surface area contributed by atoms with E-state index in [2.05, 4.69) is 6.92 Å². The minimum absolute atomic E-state index is 0.124. The van der Waals surface area contributed by atoms with Crippen LogP contribution in [0.15, 0.2) is 24.3 Å². The fraction of sp³-hybridized carbons (Fsp3) is 0.625. The van der Waals surface area contributed by atoms with Crippen molar-refractivity contribution in [1.29, 1.82) is 0 Å². The molecule has 0 radical (unpaired) electrons. The first kappa shape index (κ1) is 23.1. The van der Waals surface area contributed by atoms with Gasteiger partial charge in [0.05, 0.1) is 13.2 Å².